The van der Waals surface area contributed by atoms with Crippen molar-refractivity contribution in [2.24, 2.45) is 0 Å². The van der Waals surface area contributed by atoms with Gasteiger partial charge in [0.15, 0.2) is 0 Å². The molecular formula is C27H31F2NO2. The number of hydrogen-bond acceptors (Lipinski definition) is 3. The van der Waals surface area contributed by atoms with Crippen molar-refractivity contribution in [1.29, 1.82) is 0 Å². The number of hydrogen-bond donors (Lipinski definition) is 1. The van der Waals surface area contributed by atoms with Crippen LogP contribution in [0.4, 0.5) is 14.5 Å². The lowest BCUT2D eigenvalue weighted by Gasteiger charge is -2.25. The van der Waals surface area contributed by atoms with E-state index in [1.54, 1.807) is 55.4 Å². The van der Waals surface area contributed by atoms with Crippen molar-refractivity contribution in [3.8, 4) is 22.6 Å². The molecule has 0 aliphatic rings. The monoisotopic (exact) mass is 439 g/mol. The van der Waals surface area contributed by atoms with Crippen LogP contribution in [0.5, 0.6) is 11.5 Å². The molecule has 3 nitrogen and oxygen atoms in total. The normalized spacial score (nSPS) is 11.8. The van der Waals surface area contributed by atoms with Gasteiger partial charge >= 0.3 is 6.11 Å². The molecule has 170 valence electrons. The number of anilines is 1. The second kappa shape index (κ2) is 9.19. The van der Waals surface area contributed by atoms with E-state index >= 15 is 8.78 Å². The average Bonchev–Trinajstić information content (AvgIpc) is 2.74. The molecule has 0 amide bonds. The molecule has 0 saturated carbocycles. The first-order valence-corrected chi connectivity index (χ1v) is 10.8. The van der Waals surface area contributed by atoms with Gasteiger partial charge in [0, 0.05) is 30.9 Å². The third-order valence-corrected chi connectivity index (χ3v) is 5.59. The van der Waals surface area contributed by atoms with Gasteiger partial charge in [0.2, 0.25) is 0 Å². The number of rotatable bonds is 7. The Bertz CT molecular complexity index is 1090. The molecule has 3 aromatic carbocycles. The zero-order valence-electron chi connectivity index (χ0n) is 19.5. The van der Waals surface area contributed by atoms with Crippen LogP contribution in [-0.4, -0.2) is 19.2 Å². The fraction of sp³-hybridized carbons (Fsp3) is 0.333. The number of ether oxygens (including phenoxy) is 1. The Morgan fingerprint density at radius 3 is 1.97 bits per heavy atom. The van der Waals surface area contributed by atoms with E-state index in [2.05, 4.69) is 0 Å². The van der Waals surface area contributed by atoms with Crippen LogP contribution < -0.4 is 9.64 Å². The molecule has 3 rings (SSSR count). The summed E-state index contributed by atoms with van der Waals surface area (Å²) in [7, 11) is 3.43. The number of phenols is 1. The van der Waals surface area contributed by atoms with Crippen LogP contribution in [0.15, 0.2) is 60.7 Å². The Kier molecular flexibility index (Phi) is 6.77. The van der Waals surface area contributed by atoms with E-state index in [-0.39, 0.29) is 28.9 Å². The largest absolute Gasteiger partial charge is 0.507 e. The summed E-state index contributed by atoms with van der Waals surface area (Å²) in [4.78, 5) is 1.63. The summed E-state index contributed by atoms with van der Waals surface area (Å²) in [6, 6.07) is 16.8. The number of benzene rings is 3. The second-order valence-electron chi connectivity index (χ2n) is 8.87. The van der Waals surface area contributed by atoms with Crippen LogP contribution in [0.1, 0.15) is 56.2 Å². The molecule has 0 bridgehead atoms. The molecule has 0 saturated heterocycles. The summed E-state index contributed by atoms with van der Waals surface area (Å²) >= 11 is 0. The van der Waals surface area contributed by atoms with Crippen molar-refractivity contribution < 1.29 is 18.6 Å². The van der Waals surface area contributed by atoms with Crippen LogP contribution >= 0.6 is 0 Å². The highest BCUT2D eigenvalue weighted by Gasteiger charge is 2.38. The molecular weight excluding hydrogens is 408 g/mol. The standard InChI is InChI=1S/C27H31F2NO2/c1-17(2)19-11-13-25(31)21(15-19)22-16-20(18(3)4)12-14-26(22)32-27(28,29)23-9-7-8-10-24(23)30(5)6/h7-18,31H,1-6H3. The lowest BCUT2D eigenvalue weighted by Crippen LogP contribution is -2.25. The average molecular weight is 440 g/mol. The van der Waals surface area contributed by atoms with Crippen LogP contribution in [0, 0.1) is 0 Å². The molecule has 32 heavy (non-hydrogen) atoms. The zero-order valence-corrected chi connectivity index (χ0v) is 19.5. The summed E-state index contributed by atoms with van der Waals surface area (Å²) in [5.41, 5.74) is 3.05. The van der Waals surface area contributed by atoms with Crippen LogP contribution in [0.2, 0.25) is 0 Å². The Balaban J connectivity index is 2.16. The first-order chi connectivity index (χ1) is 15.0. The van der Waals surface area contributed by atoms with Crippen molar-refractivity contribution in [1.82, 2.24) is 0 Å². The summed E-state index contributed by atoms with van der Waals surface area (Å²) in [6.45, 7) is 8.16. The Labute approximate surface area is 189 Å². The summed E-state index contributed by atoms with van der Waals surface area (Å²) in [5.74, 6) is 0.454. The minimum Gasteiger partial charge on any atom is -0.507 e. The van der Waals surface area contributed by atoms with Gasteiger partial charge < -0.3 is 14.7 Å². The molecule has 5 heteroatoms. The Morgan fingerprint density at radius 2 is 1.38 bits per heavy atom. The maximum Gasteiger partial charge on any atom is 0.428 e. The topological polar surface area (TPSA) is 32.7 Å². The molecule has 0 aliphatic heterocycles. The Morgan fingerprint density at radius 1 is 0.812 bits per heavy atom. The SMILES string of the molecule is CC(C)c1ccc(O)c(-c2cc(C(C)C)ccc2OC(F)(F)c2ccccc2N(C)C)c1. The first kappa shape index (κ1) is 23.6. The minimum atomic E-state index is -3.57. The third-order valence-electron chi connectivity index (χ3n) is 5.59. The maximum absolute atomic E-state index is 15.4. The van der Waals surface area contributed by atoms with Crippen molar-refractivity contribution in [2.45, 2.75) is 45.6 Å². The van der Waals surface area contributed by atoms with Crippen LogP contribution in [-0.2, 0) is 6.11 Å². The summed E-state index contributed by atoms with van der Waals surface area (Å²) < 4.78 is 36.2. The molecule has 0 aromatic heterocycles. The highest BCUT2D eigenvalue weighted by molar-refractivity contribution is 5.77. The number of aromatic hydroxyl groups is 1. The molecule has 0 heterocycles. The molecule has 3 aromatic rings. The van der Waals surface area contributed by atoms with Crippen LogP contribution in [0.3, 0.4) is 0 Å². The van der Waals surface area contributed by atoms with Gasteiger partial charge in [-0.25, -0.2) is 0 Å². The maximum atomic E-state index is 15.4. The molecule has 0 spiro atoms. The van der Waals surface area contributed by atoms with Gasteiger partial charge in [-0.05, 0) is 59.4 Å². The number of nitrogens with zero attached hydrogens (tertiary/aromatic N) is 1. The predicted octanol–water partition coefficient (Wildman–Crippen LogP) is 7.50. The second-order valence-corrected chi connectivity index (χ2v) is 8.87. The predicted molar refractivity (Wildman–Crippen MR) is 127 cm³/mol. The smallest absolute Gasteiger partial charge is 0.428 e. The molecule has 0 unspecified atom stereocenters. The quantitative estimate of drug-likeness (QED) is 0.414. The van der Waals surface area contributed by atoms with E-state index in [4.69, 9.17) is 4.74 Å². The van der Waals surface area contributed by atoms with Gasteiger partial charge in [-0.15, -0.1) is 0 Å². The lowest BCUT2D eigenvalue weighted by atomic mass is 9.93. The highest BCUT2D eigenvalue weighted by Crippen LogP contribution is 2.44. The molecule has 1 N–H and O–H groups in total. The fourth-order valence-electron chi connectivity index (χ4n) is 3.64. The number of halogens is 2. The molecule has 0 fully saturated rings. The third kappa shape index (κ3) is 4.87. The van der Waals surface area contributed by atoms with Gasteiger partial charge in [-0.2, -0.15) is 8.78 Å². The number of para-hydroxylation sites is 1. The minimum absolute atomic E-state index is 0.0177. The van der Waals surface area contributed by atoms with E-state index < -0.39 is 6.11 Å². The number of alkyl halides is 2. The molecule has 0 atom stereocenters. The van der Waals surface area contributed by atoms with Gasteiger partial charge in [-0.1, -0.05) is 52.0 Å². The van der Waals surface area contributed by atoms with Gasteiger partial charge in [-0.3, -0.25) is 0 Å². The van der Waals surface area contributed by atoms with Crippen molar-refractivity contribution in [2.75, 3.05) is 19.0 Å². The summed E-state index contributed by atoms with van der Waals surface area (Å²) in [5, 5.41) is 10.6. The lowest BCUT2D eigenvalue weighted by molar-refractivity contribution is -0.184. The van der Waals surface area contributed by atoms with E-state index in [0.717, 1.165) is 11.1 Å². The molecule has 0 aliphatic carbocycles. The van der Waals surface area contributed by atoms with Gasteiger partial charge in [0.25, 0.3) is 0 Å². The van der Waals surface area contributed by atoms with E-state index in [1.807, 2.05) is 45.9 Å². The molecule has 0 radical (unpaired) electrons. The highest BCUT2D eigenvalue weighted by atomic mass is 19.3. The van der Waals surface area contributed by atoms with Crippen molar-refractivity contribution >= 4 is 5.69 Å². The van der Waals surface area contributed by atoms with E-state index in [9.17, 15) is 5.11 Å². The van der Waals surface area contributed by atoms with Gasteiger partial charge in [0.05, 0.1) is 5.56 Å². The number of phenolic OH excluding ortho intramolecular Hbond substituents is 1. The van der Waals surface area contributed by atoms with Crippen molar-refractivity contribution in [3.05, 3.63) is 77.4 Å². The zero-order chi connectivity index (χ0) is 23.6. The van der Waals surface area contributed by atoms with Gasteiger partial charge in [0.1, 0.15) is 11.5 Å². The summed E-state index contributed by atoms with van der Waals surface area (Å²) in [6.07, 6.45) is -3.57. The van der Waals surface area contributed by atoms with Crippen LogP contribution in [0.25, 0.3) is 11.1 Å². The fourth-order valence-corrected chi connectivity index (χ4v) is 3.64. The van der Waals surface area contributed by atoms with E-state index in [1.165, 1.54) is 6.07 Å². The Hall–Kier alpha value is -3.08. The van der Waals surface area contributed by atoms with Crippen molar-refractivity contribution in [3.63, 3.8) is 0 Å². The van der Waals surface area contributed by atoms with E-state index in [0.29, 0.717) is 16.8 Å². The first-order valence-electron chi connectivity index (χ1n) is 10.8.